The Morgan fingerprint density at radius 3 is 2.53 bits per heavy atom. The monoisotopic (exact) mass is 783 g/mol. The Morgan fingerprint density at radius 1 is 0.965 bits per heavy atom. The molecule has 57 heavy (non-hydrogen) atoms. The van der Waals surface area contributed by atoms with Gasteiger partial charge in [-0.15, -0.1) is 0 Å². The highest BCUT2D eigenvalue weighted by molar-refractivity contribution is 5.97. The highest BCUT2D eigenvalue weighted by atomic mass is 16.3. The fourth-order valence-electron chi connectivity index (χ4n) is 7.69. The molecule has 0 spiro atoms. The van der Waals surface area contributed by atoms with Crippen molar-refractivity contribution in [2.45, 2.75) is 109 Å². The van der Waals surface area contributed by atoms with Crippen molar-refractivity contribution >= 4 is 52.0 Å². The summed E-state index contributed by atoms with van der Waals surface area (Å²) in [6, 6.07) is 6.01. The molecule has 2 aliphatic rings. The van der Waals surface area contributed by atoms with E-state index in [1.807, 2.05) is 67.8 Å². The van der Waals surface area contributed by atoms with Gasteiger partial charge in [-0.25, -0.2) is 4.98 Å². The Balaban J connectivity index is 1.26. The maximum Gasteiger partial charge on any atom is 0.245 e. The molecule has 5 heterocycles. The van der Waals surface area contributed by atoms with Crippen molar-refractivity contribution in [1.29, 1.82) is 0 Å². The number of nitrogens with zero attached hydrogens (tertiary/aromatic N) is 3. The number of aliphatic hydroxyl groups is 1. The zero-order valence-corrected chi connectivity index (χ0v) is 32.8. The largest absolute Gasteiger partial charge is 0.391 e. The summed E-state index contributed by atoms with van der Waals surface area (Å²) in [4.78, 5) is 91.8. The second kappa shape index (κ2) is 18.0. The molecule has 3 aromatic heterocycles. The lowest BCUT2D eigenvalue weighted by molar-refractivity contribution is -0.142. The van der Waals surface area contributed by atoms with E-state index in [0.717, 1.165) is 27.7 Å². The van der Waals surface area contributed by atoms with Gasteiger partial charge in [0.05, 0.1) is 18.2 Å². The summed E-state index contributed by atoms with van der Waals surface area (Å²) in [5.41, 5.74) is 3.89. The molecule has 2 saturated heterocycles. The van der Waals surface area contributed by atoms with Crippen LogP contribution in [0.15, 0.2) is 55.0 Å². The summed E-state index contributed by atoms with van der Waals surface area (Å²) in [5.74, 6) is -3.24. The zero-order chi connectivity index (χ0) is 40.8. The van der Waals surface area contributed by atoms with Crippen LogP contribution in [0.4, 0.5) is 0 Å². The number of hydrogen-bond acceptors (Lipinski definition) is 8. The number of aromatic nitrogens is 3. The number of pyridine rings is 1. The van der Waals surface area contributed by atoms with Crippen molar-refractivity contribution in [2.24, 2.45) is 5.92 Å². The molecular weight excluding hydrogens is 731 g/mol. The van der Waals surface area contributed by atoms with Gasteiger partial charge in [-0.05, 0) is 68.7 Å². The van der Waals surface area contributed by atoms with Crippen LogP contribution in [0.1, 0.15) is 69.7 Å². The lowest BCUT2D eigenvalue weighted by Gasteiger charge is -2.30. The first kappa shape index (κ1) is 40.9. The molecule has 4 aromatic rings. The van der Waals surface area contributed by atoms with E-state index in [1.54, 1.807) is 12.4 Å². The second-order valence-electron chi connectivity index (χ2n) is 15.7. The first-order valence-electron chi connectivity index (χ1n) is 19.7. The maximum absolute atomic E-state index is 14.2. The number of imidazole rings is 1. The predicted molar refractivity (Wildman–Crippen MR) is 211 cm³/mol. The minimum Gasteiger partial charge on any atom is -0.391 e. The van der Waals surface area contributed by atoms with E-state index in [2.05, 4.69) is 36.6 Å². The van der Waals surface area contributed by atoms with Crippen LogP contribution in [-0.2, 0) is 41.6 Å². The number of H-pyrrole nitrogens is 1. The molecule has 2 aliphatic heterocycles. The minimum atomic E-state index is -1.17. The summed E-state index contributed by atoms with van der Waals surface area (Å²) < 4.78 is 1.82. The molecule has 304 valence electrons. The number of carbonyl (C=O) groups is 6. The Morgan fingerprint density at radius 2 is 1.74 bits per heavy atom. The van der Waals surface area contributed by atoms with E-state index >= 15 is 0 Å². The Bertz CT molecular complexity index is 2130. The number of carbonyl (C=O) groups excluding carboxylic acids is 6. The van der Waals surface area contributed by atoms with Crippen LogP contribution in [0.25, 0.3) is 16.6 Å². The van der Waals surface area contributed by atoms with Crippen molar-refractivity contribution in [1.82, 2.24) is 45.9 Å². The number of rotatable bonds is 7. The standard InChI is InChI=1S/C41H53N9O7/c1-23(2)16-33-41(57)50-22-28(51)19-34(50)40(56)42-14-8-7-13-31(46-35(52)18-27-21-44-36-24(3)10-9-15-49(27)36)38(54)45-25(4)37(53)47-32(39(55)48-33)17-26-20-43-30-12-6-5-11-29(26)30/h5-6,9-12,15,20-21,23,25,28,31-34,43,51H,7-8,13-14,16-19,22H2,1-4H3,(H,42,56)(H,45,54)(H,46,52)(H,47,53)(H,48,55)/t25-,28-,31+,32+,33-,34+/m1/s1. The van der Waals surface area contributed by atoms with Crippen molar-refractivity contribution in [3.05, 3.63) is 71.8 Å². The maximum atomic E-state index is 14.2. The van der Waals surface area contributed by atoms with Crippen molar-refractivity contribution in [3.63, 3.8) is 0 Å². The van der Waals surface area contributed by atoms with Crippen LogP contribution in [0.5, 0.6) is 0 Å². The summed E-state index contributed by atoms with van der Waals surface area (Å²) in [7, 11) is 0. The Labute approximate surface area is 330 Å². The summed E-state index contributed by atoms with van der Waals surface area (Å²) in [6.45, 7) is 7.38. The summed E-state index contributed by atoms with van der Waals surface area (Å²) in [5, 5.41) is 25.5. The van der Waals surface area contributed by atoms with E-state index in [9.17, 15) is 33.9 Å². The fraction of sp³-hybridized carbons (Fsp3) is 0.488. The Hall–Kier alpha value is -5.77. The molecule has 6 atom stereocenters. The SMILES string of the molecule is Cc1cccn2c(CC(=O)N[C@H]3CCCCNC(=O)[C@@H]4C[C@@H](O)CN4C(=O)[C@@H](CC(C)C)NC(=O)[C@H](Cc4c[nH]c5ccccc45)NC(=O)[C@@H](C)NC3=O)cnc12. The van der Waals surface area contributed by atoms with E-state index < -0.39 is 71.8 Å². The topological polar surface area (TPSA) is 219 Å². The summed E-state index contributed by atoms with van der Waals surface area (Å²) >= 11 is 0. The van der Waals surface area contributed by atoms with Gasteiger partial charge in [0.25, 0.3) is 0 Å². The van der Waals surface area contributed by atoms with Gasteiger partial charge in [0, 0.05) is 55.4 Å². The fourth-order valence-corrected chi connectivity index (χ4v) is 7.69. The summed E-state index contributed by atoms with van der Waals surface area (Å²) in [6.07, 6.45) is 5.62. The molecule has 16 heteroatoms. The number of aryl methyl sites for hydroxylation is 1. The van der Waals surface area contributed by atoms with Crippen molar-refractivity contribution < 1.29 is 33.9 Å². The molecule has 0 radical (unpaired) electrons. The van der Waals surface area contributed by atoms with Crippen LogP contribution in [0.2, 0.25) is 0 Å². The normalized spacial score (nSPS) is 24.6. The van der Waals surface area contributed by atoms with Gasteiger partial charge in [-0.2, -0.15) is 0 Å². The molecule has 1 aromatic carbocycles. The molecule has 6 rings (SSSR count). The second-order valence-corrected chi connectivity index (χ2v) is 15.7. The molecule has 0 bridgehead atoms. The van der Waals surface area contributed by atoms with E-state index in [1.165, 1.54) is 11.8 Å². The van der Waals surface area contributed by atoms with Gasteiger partial charge in [-0.3, -0.25) is 28.8 Å². The number of aromatic amines is 1. The number of benzene rings is 1. The Kier molecular flexibility index (Phi) is 12.9. The zero-order valence-electron chi connectivity index (χ0n) is 32.8. The van der Waals surface area contributed by atoms with E-state index in [4.69, 9.17) is 0 Å². The highest BCUT2D eigenvalue weighted by Crippen LogP contribution is 2.23. The van der Waals surface area contributed by atoms with Gasteiger partial charge in [0.1, 0.15) is 35.9 Å². The quantitative estimate of drug-likeness (QED) is 0.144. The van der Waals surface area contributed by atoms with E-state index in [0.29, 0.717) is 18.5 Å². The van der Waals surface area contributed by atoms with Crippen LogP contribution in [0.3, 0.4) is 0 Å². The highest BCUT2D eigenvalue weighted by Gasteiger charge is 2.42. The number of fused-ring (bicyclic) bond motifs is 3. The van der Waals surface area contributed by atoms with Gasteiger partial charge in [-0.1, -0.05) is 38.1 Å². The van der Waals surface area contributed by atoms with Gasteiger partial charge in [0.15, 0.2) is 0 Å². The smallest absolute Gasteiger partial charge is 0.245 e. The molecule has 0 saturated carbocycles. The molecule has 7 N–H and O–H groups in total. The first-order valence-corrected chi connectivity index (χ1v) is 19.7. The number of para-hydroxylation sites is 1. The molecule has 16 nitrogen and oxygen atoms in total. The van der Waals surface area contributed by atoms with Crippen LogP contribution in [0, 0.1) is 12.8 Å². The lowest BCUT2D eigenvalue weighted by Crippen LogP contribution is -2.59. The third-order valence-electron chi connectivity index (χ3n) is 10.7. The number of amides is 6. The third-order valence-corrected chi connectivity index (χ3v) is 10.7. The van der Waals surface area contributed by atoms with Crippen LogP contribution >= 0.6 is 0 Å². The van der Waals surface area contributed by atoms with Gasteiger partial charge >= 0.3 is 0 Å². The van der Waals surface area contributed by atoms with Crippen molar-refractivity contribution in [3.8, 4) is 0 Å². The molecule has 6 amide bonds. The van der Waals surface area contributed by atoms with E-state index in [-0.39, 0.29) is 51.1 Å². The van der Waals surface area contributed by atoms with Crippen molar-refractivity contribution in [2.75, 3.05) is 13.1 Å². The lowest BCUT2D eigenvalue weighted by atomic mass is 10.00. The molecule has 0 unspecified atom stereocenters. The average Bonchev–Trinajstić information content (AvgIpc) is 3.90. The molecule has 0 aliphatic carbocycles. The van der Waals surface area contributed by atoms with Gasteiger partial charge < -0.3 is 46.0 Å². The average molecular weight is 784 g/mol. The first-order chi connectivity index (χ1) is 27.3. The molecular formula is C41H53N9O7. The third kappa shape index (κ3) is 9.79. The number of nitrogens with one attached hydrogen (secondary N) is 6. The van der Waals surface area contributed by atoms with Crippen LogP contribution < -0.4 is 26.6 Å². The predicted octanol–water partition coefficient (Wildman–Crippen LogP) is 1.18. The van der Waals surface area contributed by atoms with Gasteiger partial charge in [0.2, 0.25) is 35.4 Å². The molecule has 2 fully saturated rings. The minimum absolute atomic E-state index is 0.0327. The number of hydrogen-bond donors (Lipinski definition) is 7. The van der Waals surface area contributed by atoms with Crippen LogP contribution in [-0.4, -0.2) is 109 Å². The number of aliphatic hydroxyl groups excluding tert-OH is 1.